The number of benzene rings is 1. The van der Waals surface area contributed by atoms with Gasteiger partial charge in [0.05, 0.1) is 17.4 Å². The molecule has 110 valence electrons. The number of nitrogens with zero attached hydrogens (tertiary/aromatic N) is 3. The molecule has 1 fully saturated rings. The monoisotopic (exact) mass is 286 g/mol. The van der Waals surface area contributed by atoms with Crippen LogP contribution < -0.4 is 10.2 Å². The molecule has 0 bridgehead atoms. The Morgan fingerprint density at radius 2 is 1.90 bits per heavy atom. The summed E-state index contributed by atoms with van der Waals surface area (Å²) in [7, 11) is 0. The van der Waals surface area contributed by atoms with E-state index in [1.165, 1.54) is 0 Å². The van der Waals surface area contributed by atoms with Gasteiger partial charge in [-0.05, 0) is 12.1 Å². The number of carbonyl (C=O) groups is 2. The maximum absolute atomic E-state index is 11.6. The van der Waals surface area contributed by atoms with Crippen molar-refractivity contribution in [2.45, 2.75) is 13.3 Å². The van der Waals surface area contributed by atoms with Crippen molar-refractivity contribution in [3.63, 3.8) is 0 Å². The molecule has 0 atom stereocenters. The van der Waals surface area contributed by atoms with Crippen molar-refractivity contribution < 1.29 is 9.59 Å². The van der Waals surface area contributed by atoms with Crippen molar-refractivity contribution in [1.29, 1.82) is 5.26 Å². The Labute approximate surface area is 123 Å². The topological polar surface area (TPSA) is 76.4 Å². The second-order valence-electron chi connectivity index (χ2n) is 4.89. The smallest absolute Gasteiger partial charge is 0.238 e. The van der Waals surface area contributed by atoms with E-state index in [1.54, 1.807) is 6.92 Å². The summed E-state index contributed by atoms with van der Waals surface area (Å²) in [5.74, 6) is -0.224. The average Bonchev–Trinajstić information content (AvgIpc) is 2.48. The Bertz CT molecular complexity index is 571. The molecule has 0 spiro atoms. The van der Waals surface area contributed by atoms with Gasteiger partial charge in [-0.25, -0.2) is 0 Å². The molecule has 21 heavy (non-hydrogen) atoms. The van der Waals surface area contributed by atoms with E-state index in [9.17, 15) is 9.59 Å². The molecule has 1 aliphatic heterocycles. The Balaban J connectivity index is 2.09. The average molecular weight is 286 g/mol. The van der Waals surface area contributed by atoms with Gasteiger partial charge in [-0.15, -0.1) is 0 Å². The van der Waals surface area contributed by atoms with Crippen LogP contribution in [0.3, 0.4) is 0 Å². The summed E-state index contributed by atoms with van der Waals surface area (Å²) in [6, 6.07) is 9.35. The first kappa shape index (κ1) is 14.9. The zero-order chi connectivity index (χ0) is 15.2. The Kier molecular flexibility index (Phi) is 4.77. The SMILES string of the molecule is CC(=O)N1CCN(c2ccccc2NC(=O)CC#N)CC1. The van der Waals surface area contributed by atoms with Crippen LogP contribution in [0.15, 0.2) is 24.3 Å². The van der Waals surface area contributed by atoms with Crippen LogP contribution in [0.1, 0.15) is 13.3 Å². The standard InChI is InChI=1S/C15H18N4O2/c1-12(20)18-8-10-19(11-9-18)14-5-3-2-4-13(14)17-15(21)6-7-16/h2-5H,6,8-11H2,1H3,(H,17,21). The van der Waals surface area contributed by atoms with E-state index < -0.39 is 0 Å². The summed E-state index contributed by atoms with van der Waals surface area (Å²) in [4.78, 5) is 26.9. The normalized spacial score (nSPS) is 14.5. The highest BCUT2D eigenvalue weighted by Crippen LogP contribution is 2.26. The first-order chi connectivity index (χ1) is 10.1. The van der Waals surface area contributed by atoms with E-state index in [0.717, 1.165) is 18.8 Å². The lowest BCUT2D eigenvalue weighted by Gasteiger charge is -2.36. The van der Waals surface area contributed by atoms with Crippen LogP contribution in [-0.2, 0) is 9.59 Å². The summed E-state index contributed by atoms with van der Waals surface area (Å²) in [5.41, 5.74) is 1.63. The summed E-state index contributed by atoms with van der Waals surface area (Å²) >= 11 is 0. The van der Waals surface area contributed by atoms with Crippen LogP contribution >= 0.6 is 0 Å². The van der Waals surface area contributed by atoms with E-state index in [-0.39, 0.29) is 18.2 Å². The minimum Gasteiger partial charge on any atom is -0.366 e. The lowest BCUT2D eigenvalue weighted by atomic mass is 10.2. The lowest BCUT2D eigenvalue weighted by Crippen LogP contribution is -2.48. The molecule has 2 amide bonds. The van der Waals surface area contributed by atoms with Gasteiger partial charge in [0.25, 0.3) is 0 Å². The molecule has 0 aliphatic carbocycles. The van der Waals surface area contributed by atoms with Crippen molar-refractivity contribution in [3.05, 3.63) is 24.3 Å². The summed E-state index contributed by atoms with van der Waals surface area (Å²) in [6.07, 6.45) is -0.160. The van der Waals surface area contributed by atoms with E-state index >= 15 is 0 Å². The third-order valence-electron chi connectivity index (χ3n) is 3.48. The van der Waals surface area contributed by atoms with Crippen molar-refractivity contribution in [2.75, 3.05) is 36.4 Å². The van der Waals surface area contributed by atoms with Crippen molar-refractivity contribution in [1.82, 2.24) is 4.90 Å². The summed E-state index contributed by atoms with van der Waals surface area (Å²) in [5, 5.41) is 11.3. The fourth-order valence-corrected chi connectivity index (χ4v) is 2.38. The van der Waals surface area contributed by atoms with E-state index in [4.69, 9.17) is 5.26 Å². The second-order valence-corrected chi connectivity index (χ2v) is 4.89. The predicted octanol–water partition coefficient (Wildman–Crippen LogP) is 1.21. The molecule has 1 aromatic rings. The third kappa shape index (κ3) is 3.72. The fraction of sp³-hybridized carbons (Fsp3) is 0.400. The fourth-order valence-electron chi connectivity index (χ4n) is 2.38. The van der Waals surface area contributed by atoms with Crippen molar-refractivity contribution >= 4 is 23.2 Å². The highest BCUT2D eigenvalue weighted by molar-refractivity contribution is 5.95. The quantitative estimate of drug-likeness (QED) is 0.906. The maximum Gasteiger partial charge on any atom is 0.238 e. The molecule has 0 saturated carbocycles. The number of amides is 2. The molecule has 6 nitrogen and oxygen atoms in total. The van der Waals surface area contributed by atoms with Crippen LogP contribution in [0.25, 0.3) is 0 Å². The highest BCUT2D eigenvalue weighted by atomic mass is 16.2. The van der Waals surface area contributed by atoms with Crippen LogP contribution in [-0.4, -0.2) is 42.9 Å². The van der Waals surface area contributed by atoms with Crippen LogP contribution in [0.5, 0.6) is 0 Å². The molecular formula is C15H18N4O2. The van der Waals surface area contributed by atoms with Gasteiger partial charge in [0, 0.05) is 33.1 Å². The predicted molar refractivity (Wildman–Crippen MR) is 79.8 cm³/mol. The number of anilines is 2. The number of hydrogen-bond donors (Lipinski definition) is 1. The first-order valence-electron chi connectivity index (χ1n) is 6.88. The molecule has 6 heteroatoms. The zero-order valence-corrected chi connectivity index (χ0v) is 12.0. The molecule has 1 aliphatic rings. The van der Waals surface area contributed by atoms with E-state index in [0.29, 0.717) is 18.8 Å². The van der Waals surface area contributed by atoms with Gasteiger partial charge in [0.15, 0.2) is 0 Å². The molecule has 1 heterocycles. The maximum atomic E-state index is 11.6. The van der Waals surface area contributed by atoms with Crippen molar-refractivity contribution in [3.8, 4) is 6.07 Å². The first-order valence-corrected chi connectivity index (χ1v) is 6.88. The van der Waals surface area contributed by atoms with Gasteiger partial charge < -0.3 is 15.1 Å². The molecule has 1 N–H and O–H groups in total. The van der Waals surface area contributed by atoms with E-state index in [2.05, 4.69) is 10.2 Å². The number of rotatable bonds is 3. The Morgan fingerprint density at radius 3 is 2.52 bits per heavy atom. The Hall–Kier alpha value is -2.55. The lowest BCUT2D eigenvalue weighted by molar-refractivity contribution is -0.129. The number of nitriles is 1. The van der Waals surface area contributed by atoms with Gasteiger partial charge in [-0.2, -0.15) is 5.26 Å². The minimum atomic E-state index is -0.313. The molecule has 2 rings (SSSR count). The van der Waals surface area contributed by atoms with E-state index in [1.807, 2.05) is 35.2 Å². The number of piperazine rings is 1. The van der Waals surface area contributed by atoms with Crippen molar-refractivity contribution in [2.24, 2.45) is 0 Å². The largest absolute Gasteiger partial charge is 0.366 e. The number of carbonyl (C=O) groups excluding carboxylic acids is 2. The third-order valence-corrected chi connectivity index (χ3v) is 3.48. The minimum absolute atomic E-state index is 0.0882. The molecule has 0 aromatic heterocycles. The summed E-state index contributed by atoms with van der Waals surface area (Å²) < 4.78 is 0. The van der Waals surface area contributed by atoms with Gasteiger partial charge >= 0.3 is 0 Å². The van der Waals surface area contributed by atoms with Crippen LogP contribution in [0.2, 0.25) is 0 Å². The number of para-hydroxylation sites is 2. The van der Waals surface area contributed by atoms with Crippen LogP contribution in [0.4, 0.5) is 11.4 Å². The zero-order valence-electron chi connectivity index (χ0n) is 12.0. The number of hydrogen-bond acceptors (Lipinski definition) is 4. The van der Waals surface area contributed by atoms with Gasteiger partial charge in [0.2, 0.25) is 11.8 Å². The van der Waals surface area contributed by atoms with Gasteiger partial charge in [-0.1, -0.05) is 12.1 Å². The number of nitrogens with one attached hydrogen (secondary N) is 1. The van der Waals surface area contributed by atoms with Gasteiger partial charge in [0.1, 0.15) is 6.42 Å². The summed E-state index contributed by atoms with van der Waals surface area (Å²) in [6.45, 7) is 4.38. The highest BCUT2D eigenvalue weighted by Gasteiger charge is 2.20. The molecule has 0 radical (unpaired) electrons. The molecule has 1 aromatic carbocycles. The Morgan fingerprint density at radius 1 is 1.24 bits per heavy atom. The molecular weight excluding hydrogens is 268 g/mol. The van der Waals surface area contributed by atoms with Gasteiger partial charge in [-0.3, -0.25) is 9.59 Å². The van der Waals surface area contributed by atoms with Crippen LogP contribution in [0, 0.1) is 11.3 Å². The second kappa shape index (κ2) is 6.75. The molecule has 1 saturated heterocycles. The molecule has 0 unspecified atom stereocenters.